The molecule has 1 aromatic carbocycles. The van der Waals surface area contributed by atoms with Crippen LogP contribution in [0.5, 0.6) is 0 Å². The van der Waals surface area contributed by atoms with Gasteiger partial charge < -0.3 is 5.32 Å². The molecule has 0 radical (unpaired) electrons. The van der Waals surface area contributed by atoms with Crippen molar-refractivity contribution in [3.05, 3.63) is 50.8 Å². The molecule has 0 bridgehead atoms. The van der Waals surface area contributed by atoms with E-state index in [-0.39, 0.29) is 11.7 Å². The molecule has 0 unspecified atom stereocenters. The summed E-state index contributed by atoms with van der Waals surface area (Å²) in [7, 11) is 0. The van der Waals surface area contributed by atoms with Crippen LogP contribution in [-0.2, 0) is 4.79 Å². The van der Waals surface area contributed by atoms with Gasteiger partial charge in [0.1, 0.15) is 11.1 Å². The Morgan fingerprint density at radius 1 is 1.44 bits per heavy atom. The summed E-state index contributed by atoms with van der Waals surface area (Å²) in [4.78, 5) is 12.1. The minimum Gasteiger partial charge on any atom is -0.316 e. The topological polar surface area (TPSA) is 70.7 Å². The van der Waals surface area contributed by atoms with E-state index in [1.165, 1.54) is 34.4 Å². The third kappa shape index (κ3) is 4.16. The summed E-state index contributed by atoms with van der Waals surface area (Å²) in [6, 6.07) is 11.6. The second-order valence-corrected chi connectivity index (χ2v) is 8.71. The summed E-state index contributed by atoms with van der Waals surface area (Å²) >= 11 is 9.43. The number of amides is 1. The first kappa shape index (κ1) is 17.8. The van der Waals surface area contributed by atoms with Crippen LogP contribution in [0.4, 0.5) is 5.00 Å². The van der Waals surface area contributed by atoms with Crippen LogP contribution in [0.2, 0.25) is 0 Å². The molecule has 0 saturated heterocycles. The molecule has 9 heteroatoms. The number of nitrogens with one attached hydrogen (secondary N) is 1. The lowest BCUT2D eigenvalue weighted by Gasteiger charge is -2.04. The summed E-state index contributed by atoms with van der Waals surface area (Å²) < 4.78 is 3.10. The van der Waals surface area contributed by atoms with Gasteiger partial charge >= 0.3 is 0 Å². The Balaban J connectivity index is 1.68. The molecule has 1 N–H and O–H groups in total. The van der Waals surface area contributed by atoms with E-state index in [2.05, 4.69) is 16.5 Å². The van der Waals surface area contributed by atoms with E-state index >= 15 is 0 Å². The summed E-state index contributed by atoms with van der Waals surface area (Å²) in [5.74, 6) is 0.0336. The summed E-state index contributed by atoms with van der Waals surface area (Å²) in [5, 5.41) is 18.6. The van der Waals surface area contributed by atoms with Crippen molar-refractivity contribution >= 4 is 57.6 Å². The number of nitrogens with zero attached hydrogens (tertiary/aromatic N) is 3. The number of nitriles is 1. The van der Waals surface area contributed by atoms with E-state index < -0.39 is 0 Å². The molecule has 0 aliphatic rings. The Labute approximate surface area is 161 Å². The largest absolute Gasteiger partial charge is 0.316 e. The van der Waals surface area contributed by atoms with Gasteiger partial charge in [-0.1, -0.05) is 41.3 Å². The van der Waals surface area contributed by atoms with Gasteiger partial charge in [0, 0.05) is 0 Å². The van der Waals surface area contributed by atoms with Gasteiger partial charge in [-0.25, -0.2) is 4.68 Å². The molecule has 0 fully saturated rings. The molecule has 0 aliphatic heterocycles. The maximum atomic E-state index is 12.1. The highest BCUT2D eigenvalue weighted by Gasteiger charge is 2.12. The number of hydrogen-bond donors (Lipinski definition) is 1. The normalized spacial score (nSPS) is 10.4. The zero-order chi connectivity index (χ0) is 17.8. The minimum atomic E-state index is -0.174. The van der Waals surface area contributed by atoms with Gasteiger partial charge in [-0.3, -0.25) is 4.79 Å². The van der Waals surface area contributed by atoms with E-state index in [1.807, 2.05) is 31.2 Å². The van der Waals surface area contributed by atoms with Crippen molar-refractivity contribution in [3.63, 3.8) is 0 Å². The van der Waals surface area contributed by atoms with Gasteiger partial charge in [-0.15, -0.1) is 16.4 Å². The monoisotopic (exact) mass is 404 g/mol. The second kappa shape index (κ2) is 7.93. The predicted molar refractivity (Wildman–Crippen MR) is 105 cm³/mol. The number of anilines is 1. The fourth-order valence-corrected chi connectivity index (χ4v) is 4.96. The van der Waals surface area contributed by atoms with Crippen LogP contribution >= 0.6 is 46.7 Å². The van der Waals surface area contributed by atoms with Gasteiger partial charge in [-0.05, 0) is 42.2 Å². The maximum absolute atomic E-state index is 12.1. The number of rotatable bonds is 5. The van der Waals surface area contributed by atoms with Crippen LogP contribution in [0.1, 0.15) is 11.1 Å². The van der Waals surface area contributed by atoms with Crippen molar-refractivity contribution in [1.29, 1.82) is 5.26 Å². The lowest BCUT2D eigenvalue weighted by Crippen LogP contribution is -2.13. The third-order valence-electron chi connectivity index (χ3n) is 3.24. The van der Waals surface area contributed by atoms with Crippen molar-refractivity contribution in [2.45, 2.75) is 11.3 Å². The summed E-state index contributed by atoms with van der Waals surface area (Å²) in [6.07, 6.45) is 0. The smallest absolute Gasteiger partial charge is 0.235 e. The molecule has 1 amide bonds. The number of carbonyl (C=O) groups excluding carboxylic acids is 1. The quantitative estimate of drug-likeness (QED) is 0.496. The molecular formula is C16H12N4OS4. The maximum Gasteiger partial charge on any atom is 0.235 e. The molecule has 0 atom stereocenters. The zero-order valence-electron chi connectivity index (χ0n) is 13.1. The molecule has 3 aromatic rings. The van der Waals surface area contributed by atoms with Crippen LogP contribution in [-0.4, -0.2) is 21.4 Å². The van der Waals surface area contributed by atoms with Crippen LogP contribution in [0.15, 0.2) is 40.1 Å². The van der Waals surface area contributed by atoms with E-state index in [1.54, 1.807) is 16.1 Å². The van der Waals surface area contributed by atoms with Gasteiger partial charge in [0.2, 0.25) is 5.91 Å². The Kier molecular flexibility index (Phi) is 5.65. The number of thioether (sulfide) groups is 1. The lowest BCUT2D eigenvalue weighted by atomic mass is 10.2. The Bertz CT molecular complexity index is 1010. The highest BCUT2D eigenvalue weighted by molar-refractivity contribution is 8.01. The van der Waals surface area contributed by atoms with Crippen molar-refractivity contribution in [3.8, 4) is 11.8 Å². The second-order valence-electron chi connectivity index (χ2n) is 4.94. The SMILES string of the molecule is Cc1ccccc1-n1nc(SCC(=O)Nc2sccc2C#N)sc1=S. The number of hydrogen-bond acceptors (Lipinski definition) is 7. The highest BCUT2D eigenvalue weighted by atomic mass is 32.2. The molecule has 3 rings (SSSR count). The lowest BCUT2D eigenvalue weighted by molar-refractivity contribution is -0.113. The number of thiophene rings is 1. The fourth-order valence-electron chi connectivity index (χ4n) is 2.06. The van der Waals surface area contributed by atoms with Crippen molar-refractivity contribution in [2.75, 3.05) is 11.1 Å². The fraction of sp³-hybridized carbons (Fsp3) is 0.125. The van der Waals surface area contributed by atoms with Crippen LogP contribution < -0.4 is 5.32 Å². The molecule has 5 nitrogen and oxygen atoms in total. The van der Waals surface area contributed by atoms with Crippen LogP contribution in [0, 0.1) is 22.2 Å². The third-order valence-corrected chi connectivity index (χ3v) is 6.43. The number of benzene rings is 1. The average molecular weight is 405 g/mol. The summed E-state index contributed by atoms with van der Waals surface area (Å²) in [6.45, 7) is 2.00. The van der Waals surface area contributed by atoms with Gasteiger partial charge in [0.15, 0.2) is 8.29 Å². The standard InChI is InChI=1S/C16H12N4OS4/c1-10-4-2-3-5-12(10)20-16(22)25-15(19-20)24-9-13(21)18-14-11(8-17)6-7-23-14/h2-7H,9H2,1H3,(H,18,21). The van der Waals surface area contributed by atoms with E-state index in [9.17, 15) is 4.79 Å². The molecule has 0 saturated carbocycles. The average Bonchev–Trinajstić information content (AvgIpc) is 3.19. The van der Waals surface area contributed by atoms with Gasteiger partial charge in [0.25, 0.3) is 0 Å². The number of para-hydroxylation sites is 1. The molecule has 0 spiro atoms. The van der Waals surface area contributed by atoms with E-state index in [0.717, 1.165) is 15.6 Å². The Hall–Kier alpha value is -1.99. The minimum absolute atomic E-state index is 0.174. The molecule has 2 heterocycles. The molecule has 2 aromatic heterocycles. The summed E-state index contributed by atoms with van der Waals surface area (Å²) in [5.41, 5.74) is 2.50. The van der Waals surface area contributed by atoms with E-state index in [4.69, 9.17) is 17.5 Å². The Morgan fingerprint density at radius 2 is 2.24 bits per heavy atom. The molecule has 126 valence electrons. The number of aromatic nitrogens is 2. The zero-order valence-corrected chi connectivity index (χ0v) is 16.3. The molecule has 0 aliphatic carbocycles. The van der Waals surface area contributed by atoms with Crippen molar-refractivity contribution in [1.82, 2.24) is 9.78 Å². The molecular weight excluding hydrogens is 392 g/mol. The van der Waals surface area contributed by atoms with Crippen molar-refractivity contribution in [2.24, 2.45) is 0 Å². The molecule has 25 heavy (non-hydrogen) atoms. The van der Waals surface area contributed by atoms with Crippen molar-refractivity contribution < 1.29 is 4.79 Å². The number of aryl methyl sites for hydroxylation is 1. The highest BCUT2D eigenvalue weighted by Crippen LogP contribution is 2.26. The van der Waals surface area contributed by atoms with Crippen LogP contribution in [0.3, 0.4) is 0 Å². The van der Waals surface area contributed by atoms with Gasteiger partial charge in [0.05, 0.1) is 17.0 Å². The Morgan fingerprint density at radius 3 is 3.00 bits per heavy atom. The first-order valence-electron chi connectivity index (χ1n) is 7.15. The van der Waals surface area contributed by atoms with Gasteiger partial charge in [-0.2, -0.15) is 5.26 Å². The predicted octanol–water partition coefficient (Wildman–Crippen LogP) is 4.64. The van der Waals surface area contributed by atoms with E-state index in [0.29, 0.717) is 14.5 Å². The first-order chi connectivity index (χ1) is 12.1. The number of carbonyl (C=O) groups is 1. The van der Waals surface area contributed by atoms with Crippen LogP contribution in [0.25, 0.3) is 5.69 Å². The first-order valence-corrected chi connectivity index (χ1v) is 10.2.